The maximum absolute atomic E-state index is 11.3. The lowest BCUT2D eigenvalue weighted by molar-refractivity contribution is 0.0696. The van der Waals surface area contributed by atoms with Gasteiger partial charge < -0.3 is 10.0 Å². The van der Waals surface area contributed by atoms with Crippen LogP contribution in [0, 0.1) is 12.3 Å². The number of anilines is 1. The van der Waals surface area contributed by atoms with Gasteiger partial charge in [0.15, 0.2) is 0 Å². The lowest BCUT2D eigenvalue weighted by atomic mass is 9.93. The quantitative estimate of drug-likeness (QED) is 0.853. The van der Waals surface area contributed by atoms with Crippen LogP contribution in [0.1, 0.15) is 36.2 Å². The highest BCUT2D eigenvalue weighted by molar-refractivity contribution is 5.95. The Bertz CT molecular complexity index is 455. The number of aromatic nitrogens is 1. The maximum atomic E-state index is 11.3. The molecule has 1 saturated heterocycles. The third-order valence-electron chi connectivity index (χ3n) is 3.33. The molecule has 92 valence electrons. The molecule has 0 atom stereocenters. The fourth-order valence-electron chi connectivity index (χ4n) is 2.34. The van der Waals surface area contributed by atoms with Crippen molar-refractivity contribution in [2.24, 2.45) is 5.41 Å². The van der Waals surface area contributed by atoms with E-state index in [4.69, 9.17) is 0 Å². The second kappa shape index (κ2) is 4.02. The molecule has 17 heavy (non-hydrogen) atoms. The zero-order chi connectivity index (χ0) is 12.6. The number of hydrogen-bond donors (Lipinski definition) is 1. The van der Waals surface area contributed by atoms with Gasteiger partial charge in [-0.3, -0.25) is 0 Å². The first kappa shape index (κ1) is 11.9. The van der Waals surface area contributed by atoms with E-state index in [0.29, 0.717) is 11.4 Å². The Kier molecular flexibility index (Phi) is 2.81. The summed E-state index contributed by atoms with van der Waals surface area (Å²) in [4.78, 5) is 17.6. The average Bonchev–Trinajstić information content (AvgIpc) is 2.57. The number of rotatable bonds is 2. The van der Waals surface area contributed by atoms with Crippen LogP contribution in [0.15, 0.2) is 12.3 Å². The fourth-order valence-corrected chi connectivity index (χ4v) is 2.34. The molecular formula is C13H18N2O2. The van der Waals surface area contributed by atoms with Gasteiger partial charge in [-0.2, -0.15) is 0 Å². The minimum Gasteiger partial charge on any atom is -0.478 e. The van der Waals surface area contributed by atoms with Crippen molar-refractivity contribution in [2.75, 3.05) is 18.0 Å². The molecule has 0 unspecified atom stereocenters. The summed E-state index contributed by atoms with van der Waals surface area (Å²) >= 11 is 0. The lowest BCUT2D eigenvalue weighted by Crippen LogP contribution is -2.26. The first-order valence-electron chi connectivity index (χ1n) is 5.84. The summed E-state index contributed by atoms with van der Waals surface area (Å²) in [5, 5.41) is 9.27. The van der Waals surface area contributed by atoms with Gasteiger partial charge in [0.1, 0.15) is 11.4 Å². The Morgan fingerprint density at radius 3 is 2.76 bits per heavy atom. The monoisotopic (exact) mass is 234 g/mol. The van der Waals surface area contributed by atoms with Crippen LogP contribution in [-0.4, -0.2) is 29.1 Å². The Morgan fingerprint density at radius 2 is 2.24 bits per heavy atom. The van der Waals surface area contributed by atoms with E-state index in [9.17, 15) is 9.90 Å². The van der Waals surface area contributed by atoms with E-state index in [1.165, 1.54) is 0 Å². The highest BCUT2D eigenvalue weighted by Crippen LogP contribution is 2.33. The Hall–Kier alpha value is -1.58. The first-order chi connectivity index (χ1) is 7.91. The predicted molar refractivity (Wildman–Crippen MR) is 66.5 cm³/mol. The molecule has 2 rings (SSSR count). The van der Waals surface area contributed by atoms with Crippen molar-refractivity contribution in [3.63, 3.8) is 0 Å². The molecule has 1 aromatic heterocycles. The number of carboxylic acid groups (broad SMARTS) is 1. The van der Waals surface area contributed by atoms with E-state index in [2.05, 4.69) is 23.7 Å². The molecule has 0 spiro atoms. The van der Waals surface area contributed by atoms with Crippen molar-refractivity contribution < 1.29 is 9.90 Å². The van der Waals surface area contributed by atoms with Crippen LogP contribution >= 0.6 is 0 Å². The van der Waals surface area contributed by atoms with E-state index in [-0.39, 0.29) is 5.41 Å². The van der Waals surface area contributed by atoms with Crippen LogP contribution in [0.3, 0.4) is 0 Å². The molecule has 0 aliphatic carbocycles. The third-order valence-corrected chi connectivity index (χ3v) is 3.33. The zero-order valence-corrected chi connectivity index (χ0v) is 10.5. The van der Waals surface area contributed by atoms with Crippen LogP contribution in [0.25, 0.3) is 0 Å². The summed E-state index contributed by atoms with van der Waals surface area (Å²) in [5.74, 6) is -0.279. The van der Waals surface area contributed by atoms with Gasteiger partial charge in [-0.05, 0) is 30.4 Å². The predicted octanol–water partition coefficient (Wildman–Crippen LogP) is 2.32. The number of nitrogens with zero attached hydrogens (tertiary/aromatic N) is 2. The second-order valence-electron chi connectivity index (χ2n) is 5.47. The topological polar surface area (TPSA) is 53.4 Å². The smallest absolute Gasteiger partial charge is 0.339 e. The Labute approximate surface area is 101 Å². The normalized spacial score (nSPS) is 18.4. The standard InChI is InChI=1S/C13H18N2O2/c1-9-4-6-14-11(10(9)12(16)17)15-7-5-13(2,3)8-15/h4,6H,5,7-8H2,1-3H3,(H,16,17). The van der Waals surface area contributed by atoms with Crippen molar-refractivity contribution in [2.45, 2.75) is 27.2 Å². The largest absolute Gasteiger partial charge is 0.478 e. The minimum absolute atomic E-state index is 0.237. The SMILES string of the molecule is Cc1ccnc(N2CCC(C)(C)C2)c1C(=O)O. The minimum atomic E-state index is -0.893. The van der Waals surface area contributed by atoms with E-state index in [1.54, 1.807) is 12.3 Å². The molecular weight excluding hydrogens is 216 g/mol. The molecule has 2 heterocycles. The van der Waals surface area contributed by atoms with Crippen LogP contribution in [0.5, 0.6) is 0 Å². The molecule has 0 bridgehead atoms. The summed E-state index contributed by atoms with van der Waals surface area (Å²) < 4.78 is 0. The van der Waals surface area contributed by atoms with Crippen LogP contribution < -0.4 is 4.90 Å². The van der Waals surface area contributed by atoms with Crippen LogP contribution in [0.4, 0.5) is 5.82 Å². The first-order valence-corrected chi connectivity index (χ1v) is 5.84. The van der Waals surface area contributed by atoms with Gasteiger partial charge in [-0.1, -0.05) is 13.8 Å². The molecule has 0 aromatic carbocycles. The second-order valence-corrected chi connectivity index (χ2v) is 5.47. The molecule has 0 amide bonds. The van der Waals surface area contributed by atoms with Crippen molar-refractivity contribution in [3.05, 3.63) is 23.4 Å². The molecule has 1 N–H and O–H groups in total. The molecule has 4 nitrogen and oxygen atoms in total. The number of aryl methyl sites for hydroxylation is 1. The number of pyridine rings is 1. The fraction of sp³-hybridized carbons (Fsp3) is 0.538. The van der Waals surface area contributed by atoms with Crippen molar-refractivity contribution in [1.29, 1.82) is 0 Å². The van der Waals surface area contributed by atoms with E-state index in [0.717, 1.165) is 25.1 Å². The lowest BCUT2D eigenvalue weighted by Gasteiger charge is -2.22. The number of hydrogen-bond acceptors (Lipinski definition) is 3. The van der Waals surface area contributed by atoms with Crippen molar-refractivity contribution >= 4 is 11.8 Å². The molecule has 1 aliphatic heterocycles. The van der Waals surface area contributed by atoms with Crippen molar-refractivity contribution in [3.8, 4) is 0 Å². The zero-order valence-electron chi connectivity index (χ0n) is 10.5. The van der Waals surface area contributed by atoms with Crippen LogP contribution in [-0.2, 0) is 0 Å². The van der Waals surface area contributed by atoms with Gasteiger partial charge >= 0.3 is 5.97 Å². The van der Waals surface area contributed by atoms with Gasteiger partial charge in [0.25, 0.3) is 0 Å². The Balaban J connectivity index is 2.40. The van der Waals surface area contributed by atoms with E-state index < -0.39 is 5.97 Å². The number of aromatic carboxylic acids is 1. The number of carboxylic acids is 1. The van der Waals surface area contributed by atoms with E-state index >= 15 is 0 Å². The number of carbonyl (C=O) groups is 1. The Morgan fingerprint density at radius 1 is 1.53 bits per heavy atom. The van der Waals surface area contributed by atoms with Crippen molar-refractivity contribution in [1.82, 2.24) is 4.98 Å². The molecule has 0 radical (unpaired) electrons. The van der Waals surface area contributed by atoms with Gasteiger partial charge in [0, 0.05) is 19.3 Å². The molecule has 1 fully saturated rings. The summed E-state index contributed by atoms with van der Waals surface area (Å²) in [7, 11) is 0. The molecule has 1 aliphatic rings. The summed E-state index contributed by atoms with van der Waals surface area (Å²) in [6.45, 7) is 7.95. The summed E-state index contributed by atoms with van der Waals surface area (Å²) in [5.41, 5.74) is 1.35. The average molecular weight is 234 g/mol. The molecule has 1 aromatic rings. The summed E-state index contributed by atoms with van der Waals surface area (Å²) in [6.07, 6.45) is 2.75. The van der Waals surface area contributed by atoms with Crippen LogP contribution in [0.2, 0.25) is 0 Å². The maximum Gasteiger partial charge on any atom is 0.339 e. The third kappa shape index (κ3) is 2.25. The highest BCUT2D eigenvalue weighted by atomic mass is 16.4. The van der Waals surface area contributed by atoms with E-state index in [1.807, 2.05) is 6.92 Å². The van der Waals surface area contributed by atoms with Gasteiger partial charge in [0.2, 0.25) is 0 Å². The molecule has 0 saturated carbocycles. The van der Waals surface area contributed by atoms with Gasteiger partial charge in [-0.15, -0.1) is 0 Å². The highest BCUT2D eigenvalue weighted by Gasteiger charge is 2.32. The van der Waals surface area contributed by atoms with Gasteiger partial charge in [0.05, 0.1) is 0 Å². The van der Waals surface area contributed by atoms with Gasteiger partial charge in [-0.25, -0.2) is 9.78 Å². The molecule has 4 heteroatoms. The summed E-state index contributed by atoms with van der Waals surface area (Å²) in [6, 6.07) is 1.74.